The van der Waals surface area contributed by atoms with Gasteiger partial charge < -0.3 is 5.32 Å². The van der Waals surface area contributed by atoms with Crippen LogP contribution in [0.3, 0.4) is 0 Å². The standard InChI is InChI=1S/C17H32N2S/c1-6-9-18-11-17-10-16(15(5)20-17)13-19(8-3)12-14(4)7-2/h10,14,18H,6-9,11-13H2,1-5H3. The van der Waals surface area contributed by atoms with Crippen molar-refractivity contribution in [1.82, 2.24) is 10.2 Å². The number of hydrogen-bond donors (Lipinski definition) is 1. The number of thiophene rings is 1. The third kappa shape index (κ3) is 5.94. The smallest absolute Gasteiger partial charge is 0.0299 e. The molecular formula is C17H32N2S. The normalized spacial score (nSPS) is 13.1. The van der Waals surface area contributed by atoms with Gasteiger partial charge in [0, 0.05) is 29.4 Å². The number of aryl methyl sites for hydroxylation is 1. The van der Waals surface area contributed by atoms with Gasteiger partial charge in [0.05, 0.1) is 0 Å². The van der Waals surface area contributed by atoms with Crippen molar-refractivity contribution in [2.24, 2.45) is 5.92 Å². The lowest BCUT2D eigenvalue weighted by Gasteiger charge is -2.23. The second-order valence-electron chi connectivity index (χ2n) is 5.81. The predicted molar refractivity (Wildman–Crippen MR) is 91.5 cm³/mol. The molecule has 1 N–H and O–H groups in total. The minimum atomic E-state index is 0.791. The first-order valence-corrected chi connectivity index (χ1v) is 8.93. The van der Waals surface area contributed by atoms with E-state index < -0.39 is 0 Å². The average Bonchev–Trinajstić information content (AvgIpc) is 2.78. The van der Waals surface area contributed by atoms with Crippen LogP contribution in [0.5, 0.6) is 0 Å². The van der Waals surface area contributed by atoms with Crippen molar-refractivity contribution >= 4 is 11.3 Å². The highest BCUT2D eigenvalue weighted by Crippen LogP contribution is 2.23. The summed E-state index contributed by atoms with van der Waals surface area (Å²) in [4.78, 5) is 5.54. The van der Waals surface area contributed by atoms with E-state index in [0.717, 1.165) is 32.1 Å². The Morgan fingerprint density at radius 3 is 2.65 bits per heavy atom. The van der Waals surface area contributed by atoms with Crippen LogP contribution in [0, 0.1) is 12.8 Å². The van der Waals surface area contributed by atoms with Crippen LogP contribution in [0.4, 0.5) is 0 Å². The van der Waals surface area contributed by atoms with Gasteiger partial charge in [-0.1, -0.05) is 34.1 Å². The maximum Gasteiger partial charge on any atom is 0.0299 e. The fraction of sp³-hybridized carbons (Fsp3) is 0.765. The van der Waals surface area contributed by atoms with Gasteiger partial charge >= 0.3 is 0 Å². The summed E-state index contributed by atoms with van der Waals surface area (Å²) in [5.41, 5.74) is 1.52. The molecule has 0 aromatic carbocycles. The zero-order valence-corrected chi connectivity index (χ0v) is 14.8. The summed E-state index contributed by atoms with van der Waals surface area (Å²) in [6.07, 6.45) is 2.47. The quantitative estimate of drug-likeness (QED) is 0.643. The highest BCUT2D eigenvalue weighted by molar-refractivity contribution is 7.12. The van der Waals surface area contributed by atoms with Crippen molar-refractivity contribution in [3.05, 3.63) is 21.4 Å². The van der Waals surface area contributed by atoms with Crippen LogP contribution in [0.25, 0.3) is 0 Å². The molecule has 1 rings (SSSR count). The Morgan fingerprint density at radius 1 is 1.30 bits per heavy atom. The predicted octanol–water partition coefficient (Wildman–Crippen LogP) is 4.42. The number of hydrogen-bond acceptors (Lipinski definition) is 3. The Balaban J connectivity index is 2.56. The van der Waals surface area contributed by atoms with Crippen LogP contribution in [-0.2, 0) is 13.1 Å². The van der Waals surface area contributed by atoms with Gasteiger partial charge in [-0.15, -0.1) is 11.3 Å². The molecule has 0 aliphatic heterocycles. The van der Waals surface area contributed by atoms with Crippen molar-refractivity contribution in [3.8, 4) is 0 Å². The molecular weight excluding hydrogens is 264 g/mol. The third-order valence-electron chi connectivity index (χ3n) is 3.91. The molecule has 1 atom stereocenters. The molecule has 0 amide bonds. The van der Waals surface area contributed by atoms with Gasteiger partial charge in [0.1, 0.15) is 0 Å². The Kier molecular flexibility index (Phi) is 8.43. The van der Waals surface area contributed by atoms with Gasteiger partial charge in [0.2, 0.25) is 0 Å². The number of nitrogens with one attached hydrogen (secondary N) is 1. The van der Waals surface area contributed by atoms with E-state index in [0.29, 0.717) is 0 Å². The van der Waals surface area contributed by atoms with Crippen LogP contribution < -0.4 is 5.32 Å². The minimum Gasteiger partial charge on any atom is -0.312 e. The molecule has 0 saturated heterocycles. The van der Waals surface area contributed by atoms with Crippen molar-refractivity contribution in [3.63, 3.8) is 0 Å². The Bertz CT molecular complexity index is 373. The van der Waals surface area contributed by atoms with E-state index in [4.69, 9.17) is 0 Å². The summed E-state index contributed by atoms with van der Waals surface area (Å²) in [6.45, 7) is 17.0. The number of nitrogens with zero attached hydrogens (tertiary/aromatic N) is 1. The molecule has 1 unspecified atom stereocenters. The lowest BCUT2D eigenvalue weighted by atomic mass is 10.1. The molecule has 1 aromatic rings. The van der Waals surface area contributed by atoms with Gasteiger partial charge in [-0.05, 0) is 44.0 Å². The van der Waals surface area contributed by atoms with E-state index in [9.17, 15) is 0 Å². The van der Waals surface area contributed by atoms with Crippen molar-refractivity contribution in [2.75, 3.05) is 19.6 Å². The second-order valence-corrected chi connectivity index (χ2v) is 7.15. The summed E-state index contributed by atoms with van der Waals surface area (Å²) in [6, 6.07) is 2.40. The lowest BCUT2D eigenvalue weighted by molar-refractivity contribution is 0.238. The zero-order chi connectivity index (χ0) is 15.0. The summed E-state index contributed by atoms with van der Waals surface area (Å²) in [5.74, 6) is 0.791. The molecule has 1 heterocycles. The fourth-order valence-electron chi connectivity index (χ4n) is 2.34. The molecule has 116 valence electrons. The van der Waals surface area contributed by atoms with E-state index in [1.165, 1.54) is 34.7 Å². The maximum atomic E-state index is 3.50. The van der Waals surface area contributed by atoms with Crippen LogP contribution >= 0.6 is 11.3 Å². The topological polar surface area (TPSA) is 15.3 Å². The summed E-state index contributed by atoms with van der Waals surface area (Å²) >= 11 is 1.95. The highest BCUT2D eigenvalue weighted by Gasteiger charge is 2.11. The van der Waals surface area contributed by atoms with Gasteiger partial charge in [-0.2, -0.15) is 0 Å². The van der Waals surface area contributed by atoms with Crippen molar-refractivity contribution in [1.29, 1.82) is 0 Å². The van der Waals surface area contributed by atoms with Crippen LogP contribution in [0.1, 0.15) is 55.9 Å². The monoisotopic (exact) mass is 296 g/mol. The third-order valence-corrected chi connectivity index (χ3v) is 5.00. The van der Waals surface area contributed by atoms with Crippen LogP contribution in [0.2, 0.25) is 0 Å². The van der Waals surface area contributed by atoms with Crippen LogP contribution in [-0.4, -0.2) is 24.5 Å². The average molecular weight is 297 g/mol. The first kappa shape index (κ1) is 17.7. The molecule has 0 radical (unpaired) electrons. The second kappa shape index (κ2) is 9.54. The molecule has 0 aliphatic carbocycles. The zero-order valence-electron chi connectivity index (χ0n) is 14.0. The minimum absolute atomic E-state index is 0.791. The Labute approximate surface area is 129 Å². The van der Waals surface area contributed by atoms with E-state index in [1.807, 2.05) is 11.3 Å². The molecule has 20 heavy (non-hydrogen) atoms. The summed E-state index contributed by atoms with van der Waals surface area (Å²) in [7, 11) is 0. The van der Waals surface area contributed by atoms with Gasteiger partial charge in [0.25, 0.3) is 0 Å². The maximum absolute atomic E-state index is 3.50. The molecule has 1 aromatic heterocycles. The first-order chi connectivity index (χ1) is 9.60. The summed E-state index contributed by atoms with van der Waals surface area (Å²) in [5, 5.41) is 3.50. The molecule has 2 nitrogen and oxygen atoms in total. The largest absolute Gasteiger partial charge is 0.312 e. The fourth-order valence-corrected chi connectivity index (χ4v) is 3.36. The molecule has 0 fully saturated rings. The SMILES string of the molecule is CCCNCc1cc(CN(CC)CC(C)CC)c(C)s1. The lowest BCUT2D eigenvalue weighted by Crippen LogP contribution is -2.27. The van der Waals surface area contributed by atoms with E-state index in [2.05, 4.69) is 50.9 Å². The molecule has 0 aliphatic rings. The van der Waals surface area contributed by atoms with Crippen LogP contribution in [0.15, 0.2) is 6.07 Å². The molecule has 0 bridgehead atoms. The van der Waals surface area contributed by atoms with E-state index >= 15 is 0 Å². The number of rotatable bonds is 10. The Morgan fingerprint density at radius 2 is 2.05 bits per heavy atom. The van der Waals surface area contributed by atoms with E-state index in [-0.39, 0.29) is 0 Å². The first-order valence-electron chi connectivity index (χ1n) is 8.11. The molecule has 0 saturated carbocycles. The molecule has 0 spiro atoms. The van der Waals surface area contributed by atoms with Gasteiger partial charge in [-0.3, -0.25) is 4.90 Å². The van der Waals surface area contributed by atoms with Crippen molar-refractivity contribution in [2.45, 2.75) is 60.5 Å². The molecule has 3 heteroatoms. The highest BCUT2D eigenvalue weighted by atomic mass is 32.1. The van der Waals surface area contributed by atoms with Gasteiger partial charge in [0.15, 0.2) is 0 Å². The van der Waals surface area contributed by atoms with Gasteiger partial charge in [-0.25, -0.2) is 0 Å². The van der Waals surface area contributed by atoms with E-state index in [1.54, 1.807) is 0 Å². The Hall–Kier alpha value is -0.380. The van der Waals surface area contributed by atoms with Crippen molar-refractivity contribution < 1.29 is 0 Å². The summed E-state index contributed by atoms with van der Waals surface area (Å²) < 4.78 is 0.